The van der Waals surface area contributed by atoms with Gasteiger partial charge in [0.2, 0.25) is 0 Å². The zero-order valence-electron chi connectivity index (χ0n) is 7.35. The van der Waals surface area contributed by atoms with Crippen LogP contribution in [0, 0.1) is 0 Å². The van der Waals surface area contributed by atoms with Gasteiger partial charge in [0.05, 0.1) is 6.61 Å². The van der Waals surface area contributed by atoms with Crippen molar-refractivity contribution in [3.63, 3.8) is 0 Å². The number of carbonyl (C=O) groups excluding carboxylic acids is 2. The molecule has 0 fully saturated rings. The number of hydrogen-bond donors (Lipinski definition) is 0. The average Bonchev–Trinajstić information content (AvgIpc) is 1.86. The first-order valence-corrected chi connectivity index (χ1v) is 3.82. The van der Waals surface area contributed by atoms with E-state index in [4.69, 9.17) is 4.74 Å². The van der Waals surface area contributed by atoms with E-state index in [1.54, 1.807) is 0 Å². The molecule has 0 saturated heterocycles. The molecule has 0 aliphatic carbocycles. The predicted molar refractivity (Wildman–Crippen MR) is 41.2 cm³/mol. The number of ether oxygens (including phenoxy) is 1. The molecule has 0 heterocycles. The van der Waals surface area contributed by atoms with Gasteiger partial charge in [0.25, 0.3) is 0 Å². The molecule has 0 aliphatic heterocycles. The van der Waals surface area contributed by atoms with Crippen molar-refractivity contribution >= 4 is 11.8 Å². The van der Waals surface area contributed by atoms with Gasteiger partial charge >= 0.3 is 5.97 Å². The van der Waals surface area contributed by atoms with E-state index in [9.17, 15) is 9.59 Å². The first kappa shape index (κ1) is 14.2. The Bertz CT molecular complexity index is 145. The zero-order chi connectivity index (χ0) is 8.69. The van der Waals surface area contributed by atoms with Crippen LogP contribution in [0.2, 0.25) is 0 Å². The zero-order valence-corrected chi connectivity index (χ0v) is 8.30. The average molecular weight is 222 g/mol. The standard InChI is InChI=1S/C8H14O3.Cu/c1-3-4-5-11-8(10)6-7(2)9;/h3-6H2,1-2H3;. The van der Waals surface area contributed by atoms with Gasteiger partial charge in [0.1, 0.15) is 12.2 Å². The summed E-state index contributed by atoms with van der Waals surface area (Å²) < 4.78 is 4.73. The smallest absolute Gasteiger partial charge is 0.313 e. The summed E-state index contributed by atoms with van der Waals surface area (Å²) in [6, 6.07) is 0. The van der Waals surface area contributed by atoms with Crippen LogP contribution in [0.1, 0.15) is 33.1 Å². The van der Waals surface area contributed by atoms with Gasteiger partial charge in [-0.3, -0.25) is 9.59 Å². The molecule has 3 nitrogen and oxygen atoms in total. The monoisotopic (exact) mass is 221 g/mol. The van der Waals surface area contributed by atoms with Crippen molar-refractivity contribution in [2.24, 2.45) is 0 Å². The van der Waals surface area contributed by atoms with Gasteiger partial charge in [0.15, 0.2) is 0 Å². The maximum absolute atomic E-state index is 10.7. The van der Waals surface area contributed by atoms with Crippen molar-refractivity contribution in [1.29, 1.82) is 0 Å². The van der Waals surface area contributed by atoms with Crippen molar-refractivity contribution in [3.05, 3.63) is 0 Å². The molecule has 0 amide bonds. The minimum Gasteiger partial charge on any atom is -0.465 e. The minimum absolute atomic E-state index is 0. The van der Waals surface area contributed by atoms with Gasteiger partial charge in [-0.15, -0.1) is 0 Å². The summed E-state index contributed by atoms with van der Waals surface area (Å²) in [6.45, 7) is 3.82. The molecule has 0 unspecified atom stereocenters. The van der Waals surface area contributed by atoms with Crippen molar-refractivity contribution < 1.29 is 31.4 Å². The fourth-order valence-corrected chi connectivity index (χ4v) is 0.585. The van der Waals surface area contributed by atoms with E-state index < -0.39 is 5.97 Å². The van der Waals surface area contributed by atoms with Gasteiger partial charge in [-0.05, 0) is 13.3 Å². The van der Waals surface area contributed by atoms with Crippen LogP contribution in [0.15, 0.2) is 0 Å². The second-order valence-corrected chi connectivity index (χ2v) is 2.45. The van der Waals surface area contributed by atoms with E-state index in [0.29, 0.717) is 6.61 Å². The van der Waals surface area contributed by atoms with E-state index >= 15 is 0 Å². The van der Waals surface area contributed by atoms with Crippen LogP contribution in [0.5, 0.6) is 0 Å². The van der Waals surface area contributed by atoms with Gasteiger partial charge < -0.3 is 4.74 Å². The topological polar surface area (TPSA) is 43.4 Å². The largest absolute Gasteiger partial charge is 0.465 e. The quantitative estimate of drug-likeness (QED) is 0.304. The van der Waals surface area contributed by atoms with Crippen molar-refractivity contribution in [2.75, 3.05) is 6.61 Å². The van der Waals surface area contributed by atoms with Gasteiger partial charge in [-0.25, -0.2) is 0 Å². The van der Waals surface area contributed by atoms with E-state index in [1.165, 1.54) is 6.92 Å². The van der Waals surface area contributed by atoms with E-state index in [2.05, 4.69) is 0 Å². The normalized spacial score (nSPS) is 8.50. The number of rotatable bonds is 5. The summed E-state index contributed by atoms with van der Waals surface area (Å²) in [6.07, 6.45) is 1.76. The molecule has 0 spiro atoms. The molecule has 1 radical (unpaired) electrons. The maximum atomic E-state index is 10.7. The number of ketones is 1. The fraction of sp³-hybridized carbons (Fsp3) is 0.750. The van der Waals surface area contributed by atoms with Crippen LogP contribution in [0.4, 0.5) is 0 Å². The van der Waals surface area contributed by atoms with Crippen molar-refractivity contribution in [3.8, 4) is 0 Å². The van der Waals surface area contributed by atoms with Gasteiger partial charge in [-0.2, -0.15) is 0 Å². The molecular weight excluding hydrogens is 208 g/mol. The molecule has 0 aromatic rings. The summed E-state index contributed by atoms with van der Waals surface area (Å²) in [7, 11) is 0. The molecule has 0 saturated carbocycles. The summed E-state index contributed by atoms with van der Waals surface area (Å²) >= 11 is 0. The van der Waals surface area contributed by atoms with E-state index in [1.807, 2.05) is 6.92 Å². The number of unbranched alkanes of at least 4 members (excludes halogenated alkanes) is 1. The summed E-state index contributed by atoms with van der Waals surface area (Å²) in [5.74, 6) is -0.558. The molecule has 0 aromatic carbocycles. The molecule has 0 bridgehead atoms. The van der Waals surface area contributed by atoms with Crippen molar-refractivity contribution in [1.82, 2.24) is 0 Å². The SMILES string of the molecule is CCCCOC(=O)CC(C)=O.[Cu]. The van der Waals surface area contributed by atoms with Crippen LogP contribution in [0.25, 0.3) is 0 Å². The van der Waals surface area contributed by atoms with E-state index in [0.717, 1.165) is 12.8 Å². The summed E-state index contributed by atoms with van der Waals surface area (Å²) in [5.41, 5.74) is 0. The molecule has 75 valence electrons. The third-order valence-electron chi connectivity index (χ3n) is 1.15. The Labute approximate surface area is 83.3 Å². The molecule has 0 aromatic heterocycles. The molecule has 4 heteroatoms. The molecule has 12 heavy (non-hydrogen) atoms. The minimum atomic E-state index is -0.411. The van der Waals surface area contributed by atoms with Gasteiger partial charge in [0, 0.05) is 17.1 Å². The van der Waals surface area contributed by atoms with Crippen LogP contribution in [-0.4, -0.2) is 18.4 Å². The summed E-state index contributed by atoms with van der Waals surface area (Å²) in [4.78, 5) is 21.1. The van der Waals surface area contributed by atoms with Crippen LogP contribution in [-0.2, 0) is 31.4 Å². The Morgan fingerprint density at radius 1 is 1.33 bits per heavy atom. The molecular formula is C8H14CuO3. The Hall–Kier alpha value is -0.341. The van der Waals surface area contributed by atoms with Crippen LogP contribution in [0.3, 0.4) is 0 Å². The second kappa shape index (κ2) is 8.75. The molecule has 0 atom stereocenters. The Morgan fingerprint density at radius 3 is 2.33 bits per heavy atom. The number of Topliss-reactive ketones (excluding diaryl/α,β-unsaturated/α-hetero) is 1. The maximum Gasteiger partial charge on any atom is 0.313 e. The van der Waals surface area contributed by atoms with Crippen LogP contribution < -0.4 is 0 Å². The third-order valence-corrected chi connectivity index (χ3v) is 1.15. The first-order chi connectivity index (χ1) is 5.16. The number of hydrogen-bond acceptors (Lipinski definition) is 3. The van der Waals surface area contributed by atoms with Crippen molar-refractivity contribution in [2.45, 2.75) is 33.1 Å². The van der Waals surface area contributed by atoms with Gasteiger partial charge in [-0.1, -0.05) is 13.3 Å². The predicted octanol–water partition coefficient (Wildman–Crippen LogP) is 1.31. The molecule has 0 rings (SSSR count). The first-order valence-electron chi connectivity index (χ1n) is 3.82. The third kappa shape index (κ3) is 9.66. The molecule has 0 aliphatic rings. The van der Waals surface area contributed by atoms with E-state index in [-0.39, 0.29) is 29.3 Å². The molecule has 0 N–H and O–H groups in total. The Balaban J connectivity index is 0. The number of esters is 1. The number of carbonyl (C=O) groups is 2. The summed E-state index contributed by atoms with van der Waals surface area (Å²) in [5, 5.41) is 0. The Kier molecular flexibility index (Phi) is 10.4. The second-order valence-electron chi connectivity index (χ2n) is 2.45. The van der Waals surface area contributed by atoms with Crippen LogP contribution >= 0.6 is 0 Å². The Morgan fingerprint density at radius 2 is 1.92 bits per heavy atom. The fourth-order valence-electron chi connectivity index (χ4n) is 0.585.